The monoisotopic (exact) mass is 429 g/mol. The van der Waals surface area contributed by atoms with Gasteiger partial charge in [-0.2, -0.15) is 0 Å². The number of aliphatic carboxylic acids is 1. The number of carboxylic acid groups (broad SMARTS) is 1. The molecule has 3 aliphatic heterocycles. The number of hydrogen-bond donors (Lipinski definition) is 2. The molecular formula is C19H24KN3O4S. The van der Waals surface area contributed by atoms with Gasteiger partial charge in [0.05, 0.1) is 5.66 Å². The van der Waals surface area contributed by atoms with Crippen molar-refractivity contribution in [3.8, 4) is 0 Å². The number of benzene rings is 1. The molecule has 0 bridgehead atoms. The van der Waals surface area contributed by atoms with E-state index in [0.717, 1.165) is 5.56 Å². The van der Waals surface area contributed by atoms with Crippen LogP contribution < -0.4 is 56.7 Å². The van der Waals surface area contributed by atoms with Gasteiger partial charge in [-0.15, -0.1) is 11.8 Å². The Labute approximate surface area is 212 Å². The molecule has 28 heavy (non-hydrogen) atoms. The van der Waals surface area contributed by atoms with Crippen LogP contribution in [0.25, 0.3) is 0 Å². The van der Waals surface area contributed by atoms with Crippen LogP contribution in [0.5, 0.6) is 0 Å². The van der Waals surface area contributed by atoms with E-state index in [0.29, 0.717) is 0 Å². The van der Waals surface area contributed by atoms with Crippen LogP contribution in [-0.4, -0.2) is 60.6 Å². The Kier molecular flexibility index (Phi) is 5.86. The van der Waals surface area contributed by atoms with Gasteiger partial charge in [0.15, 0.2) is 0 Å². The average molecular weight is 430 g/mol. The van der Waals surface area contributed by atoms with Crippen molar-refractivity contribution >= 4 is 29.5 Å². The molecule has 0 radical (unpaired) electrons. The van der Waals surface area contributed by atoms with E-state index in [-0.39, 0.29) is 70.0 Å². The maximum absolute atomic E-state index is 13.2. The Morgan fingerprint density at radius 2 is 1.75 bits per heavy atom. The molecule has 7 nitrogen and oxygen atoms in total. The molecule has 9 heteroatoms. The van der Waals surface area contributed by atoms with Gasteiger partial charge in [0.2, 0.25) is 11.8 Å². The van der Waals surface area contributed by atoms with Gasteiger partial charge in [-0.3, -0.25) is 14.9 Å². The van der Waals surface area contributed by atoms with Crippen LogP contribution >= 0.6 is 11.8 Å². The van der Waals surface area contributed by atoms with Crippen molar-refractivity contribution in [2.45, 2.75) is 61.6 Å². The summed E-state index contributed by atoms with van der Waals surface area (Å²) in [6.45, 7) is 7.43. The zero-order valence-corrected chi connectivity index (χ0v) is 20.6. The Balaban J connectivity index is 0.00000150. The molecule has 4 atom stereocenters. The van der Waals surface area contributed by atoms with E-state index in [1.165, 1.54) is 16.7 Å². The third kappa shape index (κ3) is 3.19. The first-order valence-corrected chi connectivity index (χ1v) is 9.83. The fourth-order valence-corrected chi connectivity index (χ4v) is 6.16. The van der Waals surface area contributed by atoms with Crippen molar-refractivity contribution in [2.24, 2.45) is 0 Å². The number of nitrogens with zero attached hydrogens (tertiary/aromatic N) is 2. The molecule has 1 aromatic carbocycles. The van der Waals surface area contributed by atoms with Gasteiger partial charge < -0.3 is 16.3 Å². The van der Waals surface area contributed by atoms with Crippen molar-refractivity contribution in [1.82, 2.24) is 15.1 Å². The van der Waals surface area contributed by atoms with Crippen LogP contribution in [0.15, 0.2) is 30.3 Å². The number of hydrogen-bond acceptors (Lipinski definition) is 5. The summed E-state index contributed by atoms with van der Waals surface area (Å²) in [4.78, 5) is 40.9. The van der Waals surface area contributed by atoms with E-state index in [1.54, 1.807) is 4.90 Å². The Morgan fingerprint density at radius 3 is 2.32 bits per heavy atom. The first-order valence-electron chi connectivity index (χ1n) is 8.95. The summed E-state index contributed by atoms with van der Waals surface area (Å²) in [7, 11) is 0. The summed E-state index contributed by atoms with van der Waals surface area (Å²) < 4.78 is -0.611. The van der Waals surface area contributed by atoms with Crippen LogP contribution in [0.3, 0.4) is 0 Å². The van der Waals surface area contributed by atoms with Gasteiger partial charge in [-0.1, -0.05) is 30.3 Å². The molecule has 0 aliphatic carbocycles. The van der Waals surface area contributed by atoms with Crippen molar-refractivity contribution in [2.75, 3.05) is 0 Å². The predicted molar refractivity (Wildman–Crippen MR) is 102 cm³/mol. The SMILES string of the molecule is CC1(C)S[C@@H]2[C@H](N3C(=O)[C@@H](c4ccccc4)NC3(C)C)C(=O)N2[C@H]1C(=O)O.[H-].[K+]. The molecule has 0 spiro atoms. The van der Waals surface area contributed by atoms with Gasteiger partial charge >= 0.3 is 57.4 Å². The molecule has 3 heterocycles. The first-order chi connectivity index (χ1) is 12.6. The molecule has 1 aromatic rings. The number of rotatable bonds is 3. The molecule has 0 aromatic heterocycles. The molecular weight excluding hydrogens is 405 g/mol. The summed E-state index contributed by atoms with van der Waals surface area (Å²) in [5, 5.41) is 12.6. The number of nitrogens with one attached hydrogen (secondary N) is 1. The van der Waals surface area contributed by atoms with Gasteiger partial charge in [0.25, 0.3) is 0 Å². The Hall–Kier alpha value is -0.424. The smallest absolute Gasteiger partial charge is 1.00 e. The number of thioether (sulfide) groups is 1. The molecule has 3 saturated heterocycles. The van der Waals surface area contributed by atoms with Gasteiger partial charge in [-0.05, 0) is 33.3 Å². The normalized spacial score (nSPS) is 32.6. The minimum Gasteiger partial charge on any atom is -1.00 e. The molecule has 2 amide bonds. The summed E-state index contributed by atoms with van der Waals surface area (Å²) >= 11 is 1.46. The van der Waals surface area contributed by atoms with E-state index >= 15 is 0 Å². The van der Waals surface area contributed by atoms with Crippen molar-refractivity contribution < 1.29 is 72.3 Å². The largest absolute Gasteiger partial charge is 1.00 e. The Morgan fingerprint density at radius 1 is 1.14 bits per heavy atom. The number of β-lactam (4-membered cyclic amide) rings is 1. The molecule has 146 valence electrons. The minimum atomic E-state index is -1.01. The van der Waals surface area contributed by atoms with Crippen LogP contribution in [0.4, 0.5) is 0 Å². The van der Waals surface area contributed by atoms with E-state index in [4.69, 9.17) is 0 Å². The second kappa shape index (κ2) is 7.37. The standard InChI is InChI=1S/C19H23N3O4S.K.H/c1-18(2)13(17(25)26)21-15(24)12(16(21)27-18)22-14(23)11(20-19(22,3)4)10-8-6-5-7-9-10;;/h5-9,11-13,16,20H,1-4H3,(H,25,26);;/q;+1;-1/t11-,12-,13+,16-;;/m1../s1. The zero-order valence-electron chi connectivity index (χ0n) is 17.7. The van der Waals surface area contributed by atoms with E-state index in [9.17, 15) is 19.5 Å². The average Bonchev–Trinajstić information content (AvgIpc) is 2.98. The van der Waals surface area contributed by atoms with Gasteiger partial charge in [0, 0.05) is 4.75 Å². The van der Waals surface area contributed by atoms with Crippen LogP contribution in [0.1, 0.15) is 40.7 Å². The molecule has 4 rings (SSSR count). The van der Waals surface area contributed by atoms with E-state index in [1.807, 2.05) is 58.0 Å². The second-order valence-corrected chi connectivity index (χ2v) is 10.1. The summed E-state index contributed by atoms with van der Waals surface area (Å²) in [6.07, 6.45) is 0. The molecule has 0 unspecified atom stereocenters. The van der Waals surface area contributed by atoms with Gasteiger partial charge in [-0.25, -0.2) is 4.79 Å². The number of carbonyl (C=O) groups excluding carboxylic acids is 2. The fourth-order valence-electron chi connectivity index (χ4n) is 4.49. The molecule has 0 saturated carbocycles. The predicted octanol–water partition coefficient (Wildman–Crippen LogP) is -1.47. The fraction of sp³-hybridized carbons (Fsp3) is 0.526. The number of amides is 2. The van der Waals surface area contributed by atoms with Crippen molar-refractivity contribution in [1.29, 1.82) is 0 Å². The topological polar surface area (TPSA) is 90.0 Å². The summed E-state index contributed by atoms with van der Waals surface area (Å²) in [5.74, 6) is -1.45. The van der Waals surface area contributed by atoms with Crippen molar-refractivity contribution in [3.63, 3.8) is 0 Å². The number of carbonyl (C=O) groups is 3. The molecule has 2 N–H and O–H groups in total. The number of carboxylic acids is 1. The number of fused-ring (bicyclic) bond motifs is 1. The van der Waals surface area contributed by atoms with Crippen molar-refractivity contribution in [3.05, 3.63) is 35.9 Å². The third-order valence-electron chi connectivity index (χ3n) is 5.64. The second-order valence-electron chi connectivity index (χ2n) is 8.30. The van der Waals surface area contributed by atoms with E-state index < -0.39 is 34.5 Å². The first kappa shape index (κ1) is 22.3. The third-order valence-corrected chi connectivity index (χ3v) is 7.20. The summed E-state index contributed by atoms with van der Waals surface area (Å²) in [5.41, 5.74) is 0.139. The van der Waals surface area contributed by atoms with Crippen LogP contribution in [0, 0.1) is 0 Å². The van der Waals surface area contributed by atoms with Crippen LogP contribution in [-0.2, 0) is 14.4 Å². The summed E-state index contributed by atoms with van der Waals surface area (Å²) in [6, 6.07) is 7.37. The Bertz CT molecular complexity index is 838. The van der Waals surface area contributed by atoms with Gasteiger partial charge in [0.1, 0.15) is 23.5 Å². The van der Waals surface area contributed by atoms with Crippen LogP contribution in [0.2, 0.25) is 0 Å². The zero-order chi connectivity index (χ0) is 19.7. The maximum Gasteiger partial charge on any atom is 1.00 e. The van der Waals surface area contributed by atoms with E-state index in [2.05, 4.69) is 5.32 Å². The quantitative estimate of drug-likeness (QED) is 0.450. The minimum absolute atomic E-state index is 0. The molecule has 3 fully saturated rings. The maximum atomic E-state index is 13.2. The molecule has 3 aliphatic rings.